The lowest BCUT2D eigenvalue weighted by Gasteiger charge is -2.18. The molecule has 0 N–H and O–H groups in total. The minimum atomic E-state index is -0.800. The van der Waals surface area contributed by atoms with Crippen molar-refractivity contribution in [2.45, 2.75) is 13.0 Å². The van der Waals surface area contributed by atoms with Crippen molar-refractivity contribution < 1.29 is 14.3 Å². The Labute approximate surface area is 115 Å². The van der Waals surface area contributed by atoms with Gasteiger partial charge < -0.3 is 9.64 Å². The summed E-state index contributed by atoms with van der Waals surface area (Å²) < 4.78 is 4.80. The molecule has 0 radical (unpaired) electrons. The predicted octanol–water partition coefficient (Wildman–Crippen LogP) is 1.92. The molecule has 0 bridgehead atoms. The molecule has 0 fully saturated rings. The Balaban J connectivity index is 2.34. The number of ether oxygens (including phenoxy) is 1. The summed E-state index contributed by atoms with van der Waals surface area (Å²) in [5.74, 6) is -0.958. The topological polar surface area (TPSA) is 70.4 Å². The van der Waals surface area contributed by atoms with E-state index in [0.717, 1.165) is 0 Å². The first-order valence-corrected chi connectivity index (χ1v) is 6.12. The zero-order chi connectivity index (χ0) is 14.0. The normalized spacial score (nSPS) is 17.0. The summed E-state index contributed by atoms with van der Waals surface area (Å²) in [7, 11) is 0. The van der Waals surface area contributed by atoms with E-state index in [2.05, 4.69) is 0 Å². The number of halogens is 1. The minimum Gasteiger partial charge on any atom is -0.465 e. The Morgan fingerprint density at radius 1 is 1.58 bits per heavy atom. The molecule has 5 nitrogen and oxygen atoms in total. The van der Waals surface area contributed by atoms with Gasteiger partial charge in [0.15, 0.2) is 0 Å². The fraction of sp³-hybridized carbons (Fsp3) is 0.308. The van der Waals surface area contributed by atoms with Crippen LogP contribution >= 0.6 is 11.6 Å². The Kier molecular flexibility index (Phi) is 3.72. The fourth-order valence-corrected chi connectivity index (χ4v) is 2.33. The molecule has 98 valence electrons. The van der Waals surface area contributed by atoms with Gasteiger partial charge in [0.1, 0.15) is 12.6 Å². The number of esters is 1. The Bertz CT molecular complexity index is 580. The SMILES string of the molecule is CCOC(=O)CN1C(=O)c2c(Cl)cccc2C1C#N. The number of fused-ring (bicyclic) bond motifs is 1. The summed E-state index contributed by atoms with van der Waals surface area (Å²) in [6.07, 6.45) is 0. The quantitative estimate of drug-likeness (QED) is 0.792. The van der Waals surface area contributed by atoms with Crippen LogP contribution in [0, 0.1) is 11.3 Å². The number of hydrogen-bond acceptors (Lipinski definition) is 4. The first-order valence-electron chi connectivity index (χ1n) is 5.74. The fourth-order valence-electron chi connectivity index (χ4n) is 2.07. The number of rotatable bonds is 3. The first-order chi connectivity index (χ1) is 9.10. The van der Waals surface area contributed by atoms with E-state index in [0.29, 0.717) is 11.1 Å². The maximum absolute atomic E-state index is 12.2. The van der Waals surface area contributed by atoms with Gasteiger partial charge in [0.2, 0.25) is 0 Å². The van der Waals surface area contributed by atoms with Gasteiger partial charge in [0, 0.05) is 5.56 Å². The molecule has 0 spiro atoms. The van der Waals surface area contributed by atoms with Gasteiger partial charge in [-0.15, -0.1) is 0 Å². The summed E-state index contributed by atoms with van der Waals surface area (Å²) in [4.78, 5) is 24.9. The third kappa shape index (κ3) is 2.27. The van der Waals surface area contributed by atoms with Crippen LogP contribution in [-0.2, 0) is 9.53 Å². The monoisotopic (exact) mass is 278 g/mol. The lowest BCUT2D eigenvalue weighted by molar-refractivity contribution is -0.144. The van der Waals surface area contributed by atoms with Gasteiger partial charge in [0.25, 0.3) is 5.91 Å². The summed E-state index contributed by atoms with van der Waals surface area (Å²) in [6, 6.07) is 6.14. The molecule has 1 aromatic rings. The molecule has 1 aliphatic heterocycles. The maximum Gasteiger partial charge on any atom is 0.325 e. The van der Waals surface area contributed by atoms with Gasteiger partial charge in [0.05, 0.1) is 23.3 Å². The molecule has 1 aromatic carbocycles. The van der Waals surface area contributed by atoms with Crippen LogP contribution in [0.15, 0.2) is 18.2 Å². The summed E-state index contributed by atoms with van der Waals surface area (Å²) in [5, 5.41) is 9.48. The standard InChI is InChI=1S/C13H11ClN2O3/c1-2-19-11(17)7-16-10(6-15)8-4-3-5-9(14)12(8)13(16)18/h3-5,10H,2,7H2,1H3. The van der Waals surface area contributed by atoms with Gasteiger partial charge >= 0.3 is 5.97 Å². The molecule has 1 atom stereocenters. The second-order valence-electron chi connectivity index (χ2n) is 3.97. The van der Waals surface area contributed by atoms with Crippen LogP contribution in [0.2, 0.25) is 5.02 Å². The Morgan fingerprint density at radius 3 is 2.95 bits per heavy atom. The third-order valence-electron chi connectivity index (χ3n) is 2.85. The van der Waals surface area contributed by atoms with E-state index in [1.54, 1.807) is 25.1 Å². The van der Waals surface area contributed by atoms with E-state index in [4.69, 9.17) is 16.3 Å². The van der Waals surface area contributed by atoms with Gasteiger partial charge in [-0.3, -0.25) is 9.59 Å². The lowest BCUT2D eigenvalue weighted by Crippen LogP contribution is -2.33. The summed E-state index contributed by atoms with van der Waals surface area (Å²) in [5.41, 5.74) is 0.823. The number of carbonyl (C=O) groups excluding carboxylic acids is 2. The zero-order valence-electron chi connectivity index (χ0n) is 10.2. The van der Waals surface area contributed by atoms with Gasteiger partial charge in [-0.25, -0.2) is 0 Å². The number of benzene rings is 1. The Morgan fingerprint density at radius 2 is 2.32 bits per heavy atom. The zero-order valence-corrected chi connectivity index (χ0v) is 11.0. The molecule has 0 saturated heterocycles. The van der Waals surface area contributed by atoms with Crippen molar-refractivity contribution >= 4 is 23.5 Å². The van der Waals surface area contributed by atoms with Crippen LogP contribution < -0.4 is 0 Å². The highest BCUT2D eigenvalue weighted by Crippen LogP contribution is 2.36. The molecule has 0 aliphatic carbocycles. The molecule has 19 heavy (non-hydrogen) atoms. The number of carbonyl (C=O) groups is 2. The minimum absolute atomic E-state index is 0.228. The van der Waals surface area contributed by atoms with Crippen molar-refractivity contribution in [3.63, 3.8) is 0 Å². The highest BCUT2D eigenvalue weighted by Gasteiger charge is 2.39. The second kappa shape index (κ2) is 5.29. The predicted molar refractivity (Wildman–Crippen MR) is 67.5 cm³/mol. The van der Waals surface area contributed by atoms with Crippen molar-refractivity contribution in [3.8, 4) is 6.07 Å². The second-order valence-corrected chi connectivity index (χ2v) is 4.38. The molecule has 1 unspecified atom stereocenters. The highest BCUT2D eigenvalue weighted by molar-refractivity contribution is 6.34. The highest BCUT2D eigenvalue weighted by atomic mass is 35.5. The van der Waals surface area contributed by atoms with Gasteiger partial charge in [-0.1, -0.05) is 23.7 Å². The molecule has 6 heteroatoms. The van der Waals surface area contributed by atoms with Crippen LogP contribution in [0.5, 0.6) is 0 Å². The van der Waals surface area contributed by atoms with E-state index >= 15 is 0 Å². The molecule has 1 heterocycles. The maximum atomic E-state index is 12.2. The van der Waals surface area contributed by atoms with Gasteiger partial charge in [-0.05, 0) is 13.0 Å². The van der Waals surface area contributed by atoms with Crippen molar-refractivity contribution in [1.29, 1.82) is 5.26 Å². The van der Waals surface area contributed by atoms with E-state index in [1.807, 2.05) is 6.07 Å². The van der Waals surface area contributed by atoms with Crippen LogP contribution in [0.3, 0.4) is 0 Å². The van der Waals surface area contributed by atoms with Crippen LogP contribution in [0.25, 0.3) is 0 Å². The van der Waals surface area contributed by atoms with Gasteiger partial charge in [-0.2, -0.15) is 5.26 Å². The summed E-state index contributed by atoms with van der Waals surface area (Å²) in [6.45, 7) is 1.65. The first kappa shape index (κ1) is 13.4. The summed E-state index contributed by atoms with van der Waals surface area (Å²) >= 11 is 5.98. The van der Waals surface area contributed by atoms with Crippen LogP contribution in [0.4, 0.5) is 0 Å². The molecular formula is C13H11ClN2O3. The van der Waals surface area contributed by atoms with E-state index in [-0.39, 0.29) is 18.2 Å². The van der Waals surface area contributed by atoms with Crippen LogP contribution in [-0.4, -0.2) is 29.9 Å². The van der Waals surface area contributed by atoms with E-state index in [9.17, 15) is 14.9 Å². The number of nitriles is 1. The van der Waals surface area contributed by atoms with Crippen molar-refractivity contribution in [3.05, 3.63) is 34.3 Å². The van der Waals surface area contributed by atoms with Crippen molar-refractivity contribution in [2.24, 2.45) is 0 Å². The van der Waals surface area contributed by atoms with E-state index in [1.165, 1.54) is 4.90 Å². The number of amides is 1. The largest absolute Gasteiger partial charge is 0.465 e. The van der Waals surface area contributed by atoms with Crippen LogP contribution in [0.1, 0.15) is 28.9 Å². The number of nitrogens with zero attached hydrogens (tertiary/aromatic N) is 2. The molecule has 1 aliphatic rings. The lowest BCUT2D eigenvalue weighted by atomic mass is 10.1. The molecule has 2 rings (SSSR count). The van der Waals surface area contributed by atoms with Crippen molar-refractivity contribution in [1.82, 2.24) is 4.90 Å². The smallest absolute Gasteiger partial charge is 0.325 e. The third-order valence-corrected chi connectivity index (χ3v) is 3.17. The van der Waals surface area contributed by atoms with Crippen molar-refractivity contribution in [2.75, 3.05) is 13.2 Å². The average Bonchev–Trinajstić information content (AvgIpc) is 2.64. The molecule has 0 aromatic heterocycles. The Hall–Kier alpha value is -2.06. The average molecular weight is 279 g/mol. The molecular weight excluding hydrogens is 268 g/mol. The molecule has 1 amide bonds. The van der Waals surface area contributed by atoms with E-state index < -0.39 is 17.9 Å². The molecule has 0 saturated carbocycles. The number of hydrogen-bond donors (Lipinski definition) is 0.